The molecule has 7 heteroatoms. The Kier molecular flexibility index (Phi) is 6.78. The molecule has 2 amide bonds. The highest BCUT2D eigenvalue weighted by atomic mass is 16.5. The van der Waals surface area contributed by atoms with Crippen LogP contribution in [0.4, 0.5) is 0 Å². The Morgan fingerprint density at radius 3 is 2.48 bits per heavy atom. The third-order valence-electron chi connectivity index (χ3n) is 4.71. The standard InChI is InChI=1S/C18H27N3O4/c1-3-18(2,21-8-10-24-11-9-21)13-20-16(22)12-25-15-6-4-14(5-7-15)17(19)23/h4-7H,3,8-13H2,1-2H3,(H2,19,23)(H,20,22). The van der Waals surface area contributed by atoms with Gasteiger partial charge >= 0.3 is 0 Å². The number of rotatable bonds is 8. The van der Waals surface area contributed by atoms with E-state index in [1.165, 1.54) is 0 Å². The van der Waals surface area contributed by atoms with Gasteiger partial charge < -0.3 is 20.5 Å². The molecular formula is C18H27N3O4. The zero-order valence-corrected chi connectivity index (χ0v) is 14.9. The molecule has 138 valence electrons. The molecular weight excluding hydrogens is 322 g/mol. The molecule has 1 unspecified atom stereocenters. The van der Waals surface area contributed by atoms with Gasteiger partial charge in [-0.1, -0.05) is 6.92 Å². The molecule has 3 N–H and O–H groups in total. The molecule has 7 nitrogen and oxygen atoms in total. The van der Waals surface area contributed by atoms with E-state index in [0.717, 1.165) is 32.7 Å². The Bertz CT molecular complexity index is 584. The fourth-order valence-electron chi connectivity index (χ4n) is 2.77. The van der Waals surface area contributed by atoms with Crippen LogP contribution < -0.4 is 15.8 Å². The van der Waals surface area contributed by atoms with Crippen LogP contribution in [0.5, 0.6) is 5.75 Å². The van der Waals surface area contributed by atoms with Gasteiger partial charge in [0.2, 0.25) is 5.91 Å². The van der Waals surface area contributed by atoms with E-state index >= 15 is 0 Å². The van der Waals surface area contributed by atoms with Crippen molar-refractivity contribution in [2.45, 2.75) is 25.8 Å². The highest BCUT2D eigenvalue weighted by molar-refractivity contribution is 5.92. The summed E-state index contributed by atoms with van der Waals surface area (Å²) in [5.41, 5.74) is 5.49. The SMILES string of the molecule is CCC(C)(CNC(=O)COc1ccc(C(N)=O)cc1)N1CCOCC1. The number of primary amides is 1. The molecule has 0 aromatic heterocycles. The number of hydrogen-bond acceptors (Lipinski definition) is 5. The molecule has 0 spiro atoms. The van der Waals surface area contributed by atoms with Crippen molar-refractivity contribution >= 4 is 11.8 Å². The monoisotopic (exact) mass is 349 g/mol. The summed E-state index contributed by atoms with van der Waals surface area (Å²) in [5, 5.41) is 2.95. The van der Waals surface area contributed by atoms with Crippen molar-refractivity contribution in [3.63, 3.8) is 0 Å². The van der Waals surface area contributed by atoms with Gasteiger partial charge in [0.05, 0.1) is 13.2 Å². The van der Waals surface area contributed by atoms with Gasteiger partial charge in [0.25, 0.3) is 5.91 Å². The quantitative estimate of drug-likeness (QED) is 0.723. The summed E-state index contributed by atoms with van der Waals surface area (Å²) in [5.74, 6) is -0.148. The third kappa shape index (κ3) is 5.44. The molecule has 0 aliphatic carbocycles. The molecule has 1 aromatic carbocycles. The number of benzene rings is 1. The molecule has 0 bridgehead atoms. The first-order valence-electron chi connectivity index (χ1n) is 8.57. The van der Waals surface area contributed by atoms with E-state index in [9.17, 15) is 9.59 Å². The van der Waals surface area contributed by atoms with Crippen molar-refractivity contribution in [2.75, 3.05) is 39.5 Å². The molecule has 0 radical (unpaired) electrons. The maximum absolute atomic E-state index is 12.1. The molecule has 2 rings (SSSR count). The maximum Gasteiger partial charge on any atom is 0.258 e. The minimum absolute atomic E-state index is 0.0706. The van der Waals surface area contributed by atoms with Crippen LogP contribution in [0.2, 0.25) is 0 Å². The van der Waals surface area contributed by atoms with Crippen molar-refractivity contribution in [3.8, 4) is 5.75 Å². The van der Waals surface area contributed by atoms with E-state index in [1.54, 1.807) is 24.3 Å². The van der Waals surface area contributed by atoms with Gasteiger partial charge in [0.1, 0.15) is 5.75 Å². The molecule has 1 saturated heterocycles. The van der Waals surface area contributed by atoms with Gasteiger partial charge in [-0.15, -0.1) is 0 Å². The number of carbonyl (C=O) groups excluding carboxylic acids is 2. The van der Waals surface area contributed by atoms with Crippen molar-refractivity contribution in [1.82, 2.24) is 10.2 Å². The zero-order valence-electron chi connectivity index (χ0n) is 14.9. The number of morpholine rings is 1. The molecule has 0 saturated carbocycles. The predicted molar refractivity (Wildman–Crippen MR) is 94.6 cm³/mol. The largest absolute Gasteiger partial charge is 0.484 e. The smallest absolute Gasteiger partial charge is 0.258 e. The first-order chi connectivity index (χ1) is 11.9. The summed E-state index contributed by atoms with van der Waals surface area (Å²) in [6.07, 6.45) is 0.933. The molecule has 1 heterocycles. The Morgan fingerprint density at radius 2 is 1.92 bits per heavy atom. The van der Waals surface area contributed by atoms with Crippen molar-refractivity contribution < 1.29 is 19.1 Å². The predicted octanol–water partition coefficient (Wildman–Crippen LogP) is 0.781. The lowest BCUT2D eigenvalue weighted by Gasteiger charge is -2.43. The molecule has 1 fully saturated rings. The average molecular weight is 349 g/mol. The number of nitrogens with one attached hydrogen (secondary N) is 1. The van der Waals surface area contributed by atoms with Crippen LogP contribution in [-0.2, 0) is 9.53 Å². The molecule has 1 aliphatic heterocycles. The highest BCUT2D eigenvalue weighted by Gasteiger charge is 2.31. The van der Waals surface area contributed by atoms with Crippen LogP contribution >= 0.6 is 0 Å². The van der Waals surface area contributed by atoms with E-state index in [0.29, 0.717) is 17.9 Å². The number of ether oxygens (including phenoxy) is 2. The van der Waals surface area contributed by atoms with E-state index in [-0.39, 0.29) is 18.1 Å². The van der Waals surface area contributed by atoms with Gasteiger partial charge in [-0.3, -0.25) is 14.5 Å². The molecule has 1 aliphatic rings. The van der Waals surface area contributed by atoms with Crippen LogP contribution in [0, 0.1) is 0 Å². The van der Waals surface area contributed by atoms with Crippen LogP contribution in [0.3, 0.4) is 0 Å². The average Bonchev–Trinajstić information content (AvgIpc) is 2.65. The Balaban J connectivity index is 1.79. The van der Waals surface area contributed by atoms with Crippen molar-refractivity contribution in [3.05, 3.63) is 29.8 Å². The summed E-state index contributed by atoms with van der Waals surface area (Å²) in [6, 6.07) is 6.39. The summed E-state index contributed by atoms with van der Waals surface area (Å²) in [4.78, 5) is 25.5. The summed E-state index contributed by atoms with van der Waals surface area (Å²) in [7, 11) is 0. The third-order valence-corrected chi connectivity index (χ3v) is 4.71. The van der Waals surface area contributed by atoms with E-state index in [2.05, 4.69) is 24.1 Å². The number of nitrogens with zero attached hydrogens (tertiary/aromatic N) is 1. The minimum Gasteiger partial charge on any atom is -0.484 e. The number of hydrogen-bond donors (Lipinski definition) is 2. The van der Waals surface area contributed by atoms with Gasteiger partial charge in [-0.05, 0) is 37.6 Å². The normalized spacial score (nSPS) is 17.5. The summed E-state index contributed by atoms with van der Waals surface area (Å²) < 4.78 is 10.8. The number of nitrogens with two attached hydrogens (primary N) is 1. The molecule has 1 atom stereocenters. The van der Waals surface area contributed by atoms with Crippen LogP contribution in [-0.4, -0.2) is 61.7 Å². The Hall–Kier alpha value is -2.12. The zero-order chi connectivity index (χ0) is 18.3. The minimum atomic E-state index is -0.494. The summed E-state index contributed by atoms with van der Waals surface area (Å²) in [6.45, 7) is 7.99. The van der Waals surface area contributed by atoms with Crippen molar-refractivity contribution in [2.24, 2.45) is 5.73 Å². The maximum atomic E-state index is 12.1. The van der Waals surface area contributed by atoms with E-state index in [1.807, 2.05) is 0 Å². The second-order valence-electron chi connectivity index (χ2n) is 6.40. The lowest BCUT2D eigenvalue weighted by molar-refractivity contribution is -0.124. The second kappa shape index (κ2) is 8.82. The lowest BCUT2D eigenvalue weighted by Crippen LogP contribution is -2.57. The fraction of sp³-hybridized carbons (Fsp3) is 0.556. The van der Waals surface area contributed by atoms with Gasteiger partial charge in [0.15, 0.2) is 6.61 Å². The molecule has 25 heavy (non-hydrogen) atoms. The highest BCUT2D eigenvalue weighted by Crippen LogP contribution is 2.20. The van der Waals surface area contributed by atoms with Gasteiger partial charge in [-0.2, -0.15) is 0 Å². The Labute approximate surface area is 148 Å². The lowest BCUT2D eigenvalue weighted by atomic mass is 9.95. The molecule has 1 aromatic rings. The van der Waals surface area contributed by atoms with E-state index in [4.69, 9.17) is 15.2 Å². The first kappa shape index (κ1) is 19.2. The number of carbonyl (C=O) groups is 2. The second-order valence-corrected chi connectivity index (χ2v) is 6.40. The van der Waals surface area contributed by atoms with Crippen LogP contribution in [0.1, 0.15) is 30.6 Å². The van der Waals surface area contributed by atoms with Gasteiger partial charge in [-0.25, -0.2) is 0 Å². The van der Waals surface area contributed by atoms with Gasteiger partial charge in [0, 0.05) is 30.7 Å². The summed E-state index contributed by atoms with van der Waals surface area (Å²) >= 11 is 0. The fourth-order valence-corrected chi connectivity index (χ4v) is 2.77. The first-order valence-corrected chi connectivity index (χ1v) is 8.57. The topological polar surface area (TPSA) is 93.9 Å². The van der Waals surface area contributed by atoms with Crippen molar-refractivity contribution in [1.29, 1.82) is 0 Å². The Morgan fingerprint density at radius 1 is 1.28 bits per heavy atom. The number of amides is 2. The van der Waals surface area contributed by atoms with Crippen LogP contribution in [0.15, 0.2) is 24.3 Å². The van der Waals surface area contributed by atoms with Crippen LogP contribution in [0.25, 0.3) is 0 Å². The van der Waals surface area contributed by atoms with E-state index < -0.39 is 5.91 Å².